The van der Waals surface area contributed by atoms with Gasteiger partial charge in [0.25, 0.3) is 5.56 Å². The standard InChI is InChI=1S/C31H28N6O3S/c1-19-10-12-23(13-11-19)36-18-22(16-28(36)38)29(39)33-27-17-25(26-9-6-14-41-26)35-37(27)31-32-20(2)24(30(40)34-31)15-21-7-4-3-5-8-21/h3-14,17,22H,15-16,18H2,1-2H3,(H,33,39)(H,32,34,40). The summed E-state index contributed by atoms with van der Waals surface area (Å²) < 4.78 is 1.45. The van der Waals surface area contributed by atoms with E-state index in [0.29, 0.717) is 29.2 Å². The molecular weight excluding hydrogens is 536 g/mol. The molecule has 2 amide bonds. The lowest BCUT2D eigenvalue weighted by molar-refractivity contribution is -0.122. The molecule has 0 aliphatic carbocycles. The third-order valence-corrected chi connectivity index (χ3v) is 8.10. The van der Waals surface area contributed by atoms with E-state index in [1.54, 1.807) is 17.9 Å². The summed E-state index contributed by atoms with van der Waals surface area (Å²) in [6.45, 7) is 4.06. The number of hydrogen-bond donors (Lipinski definition) is 2. The van der Waals surface area contributed by atoms with Crippen LogP contribution in [0.5, 0.6) is 0 Å². The molecule has 3 aromatic heterocycles. The molecule has 2 aromatic carbocycles. The molecule has 4 heterocycles. The number of carbonyl (C=O) groups excluding carboxylic acids is 2. The zero-order chi connectivity index (χ0) is 28.5. The Morgan fingerprint density at radius 2 is 1.83 bits per heavy atom. The molecule has 6 rings (SSSR count). The molecule has 1 unspecified atom stereocenters. The van der Waals surface area contributed by atoms with Crippen LogP contribution in [-0.4, -0.2) is 38.1 Å². The SMILES string of the molecule is Cc1ccc(N2CC(C(=O)Nc3cc(-c4cccs4)nn3-c3nc(C)c(Cc4ccccc4)c(=O)[nH]3)CC2=O)cc1. The maximum absolute atomic E-state index is 13.4. The highest BCUT2D eigenvalue weighted by Crippen LogP contribution is 2.30. The van der Waals surface area contributed by atoms with E-state index >= 15 is 0 Å². The highest BCUT2D eigenvalue weighted by atomic mass is 32.1. The van der Waals surface area contributed by atoms with Gasteiger partial charge in [-0.3, -0.25) is 19.4 Å². The van der Waals surface area contributed by atoms with Crippen molar-refractivity contribution >= 4 is 34.7 Å². The zero-order valence-corrected chi connectivity index (χ0v) is 23.4. The van der Waals surface area contributed by atoms with Crippen molar-refractivity contribution in [3.8, 4) is 16.5 Å². The summed E-state index contributed by atoms with van der Waals surface area (Å²) in [6.07, 6.45) is 0.555. The van der Waals surface area contributed by atoms with Gasteiger partial charge in [-0.05, 0) is 43.0 Å². The monoisotopic (exact) mass is 564 g/mol. The second-order valence-corrected chi connectivity index (χ2v) is 11.1. The van der Waals surface area contributed by atoms with Crippen molar-refractivity contribution < 1.29 is 9.59 Å². The second-order valence-electron chi connectivity index (χ2n) is 10.1. The predicted octanol–water partition coefficient (Wildman–Crippen LogP) is 4.88. The van der Waals surface area contributed by atoms with Gasteiger partial charge < -0.3 is 10.2 Å². The van der Waals surface area contributed by atoms with Crippen molar-refractivity contribution in [2.24, 2.45) is 5.92 Å². The van der Waals surface area contributed by atoms with Gasteiger partial charge in [0.15, 0.2) is 0 Å². The predicted molar refractivity (Wildman–Crippen MR) is 160 cm³/mol. The minimum atomic E-state index is -0.542. The van der Waals surface area contributed by atoms with Crippen molar-refractivity contribution in [3.63, 3.8) is 0 Å². The van der Waals surface area contributed by atoms with Crippen molar-refractivity contribution in [2.75, 3.05) is 16.8 Å². The van der Waals surface area contributed by atoms with Crippen LogP contribution in [-0.2, 0) is 16.0 Å². The van der Waals surface area contributed by atoms with Gasteiger partial charge in [0.1, 0.15) is 11.5 Å². The molecule has 9 nitrogen and oxygen atoms in total. The Bertz CT molecular complexity index is 1780. The number of carbonyl (C=O) groups is 2. The smallest absolute Gasteiger partial charge is 0.256 e. The van der Waals surface area contributed by atoms with Crippen molar-refractivity contribution in [2.45, 2.75) is 26.7 Å². The molecule has 5 aromatic rings. The van der Waals surface area contributed by atoms with Crippen LogP contribution in [0.1, 0.15) is 28.8 Å². The lowest BCUT2D eigenvalue weighted by Gasteiger charge is -2.17. The van der Waals surface area contributed by atoms with Gasteiger partial charge in [-0.25, -0.2) is 4.98 Å². The van der Waals surface area contributed by atoms with Gasteiger partial charge in [0.2, 0.25) is 17.8 Å². The molecule has 1 atom stereocenters. The fraction of sp³-hybridized carbons (Fsp3) is 0.194. The summed E-state index contributed by atoms with van der Waals surface area (Å²) in [5.41, 5.74) is 4.39. The maximum Gasteiger partial charge on any atom is 0.256 e. The first kappa shape index (κ1) is 26.4. The molecule has 0 bridgehead atoms. The summed E-state index contributed by atoms with van der Waals surface area (Å²) in [4.78, 5) is 49.5. The third-order valence-electron chi connectivity index (χ3n) is 7.21. The summed E-state index contributed by atoms with van der Waals surface area (Å²) in [6, 6.07) is 23.0. The molecule has 0 radical (unpaired) electrons. The van der Waals surface area contributed by atoms with Crippen LogP contribution < -0.4 is 15.8 Å². The van der Waals surface area contributed by atoms with E-state index in [-0.39, 0.29) is 36.3 Å². The van der Waals surface area contributed by atoms with E-state index in [9.17, 15) is 14.4 Å². The Balaban J connectivity index is 1.29. The van der Waals surface area contributed by atoms with Crippen LogP contribution in [0.15, 0.2) is 83.0 Å². The van der Waals surface area contributed by atoms with Gasteiger partial charge in [0.05, 0.1) is 16.5 Å². The van der Waals surface area contributed by atoms with E-state index in [1.807, 2.05) is 79.0 Å². The first-order chi connectivity index (χ1) is 19.9. The number of rotatable bonds is 7. The summed E-state index contributed by atoms with van der Waals surface area (Å²) in [5, 5.41) is 9.58. The highest BCUT2D eigenvalue weighted by Gasteiger charge is 2.35. The van der Waals surface area contributed by atoms with Crippen LogP contribution in [0, 0.1) is 19.8 Å². The Morgan fingerprint density at radius 1 is 1.05 bits per heavy atom. The van der Waals surface area contributed by atoms with Crippen LogP contribution in [0.3, 0.4) is 0 Å². The molecule has 0 spiro atoms. The second kappa shape index (κ2) is 11.0. The number of aromatic nitrogens is 4. The number of aryl methyl sites for hydroxylation is 2. The van der Waals surface area contributed by atoms with Crippen LogP contribution in [0.2, 0.25) is 0 Å². The zero-order valence-electron chi connectivity index (χ0n) is 22.6. The number of nitrogens with one attached hydrogen (secondary N) is 2. The normalized spacial score (nSPS) is 14.9. The number of aromatic amines is 1. The fourth-order valence-electron chi connectivity index (χ4n) is 4.97. The molecule has 2 N–H and O–H groups in total. The fourth-order valence-corrected chi connectivity index (χ4v) is 5.65. The number of H-pyrrole nitrogens is 1. The molecular formula is C31H28N6O3S. The van der Waals surface area contributed by atoms with Crippen LogP contribution in [0.25, 0.3) is 16.5 Å². The largest absolute Gasteiger partial charge is 0.312 e. The highest BCUT2D eigenvalue weighted by molar-refractivity contribution is 7.13. The van der Waals surface area contributed by atoms with Crippen LogP contribution >= 0.6 is 11.3 Å². The van der Waals surface area contributed by atoms with Gasteiger partial charge >= 0.3 is 0 Å². The number of anilines is 2. The summed E-state index contributed by atoms with van der Waals surface area (Å²) in [7, 11) is 0. The Morgan fingerprint density at radius 3 is 2.54 bits per heavy atom. The molecule has 1 saturated heterocycles. The van der Waals surface area contributed by atoms with Gasteiger partial charge in [0, 0.05) is 36.7 Å². The van der Waals surface area contributed by atoms with E-state index in [0.717, 1.165) is 21.7 Å². The minimum absolute atomic E-state index is 0.0996. The average Bonchev–Trinajstić information content (AvgIpc) is 3.72. The van der Waals surface area contributed by atoms with Gasteiger partial charge in [-0.1, -0.05) is 54.1 Å². The first-order valence-corrected chi connectivity index (χ1v) is 14.2. The lowest BCUT2D eigenvalue weighted by atomic mass is 10.1. The topological polar surface area (TPSA) is 113 Å². The van der Waals surface area contributed by atoms with Crippen molar-refractivity contribution in [3.05, 3.63) is 111 Å². The minimum Gasteiger partial charge on any atom is -0.312 e. The molecule has 206 valence electrons. The molecule has 10 heteroatoms. The van der Waals surface area contributed by atoms with Crippen molar-refractivity contribution in [1.29, 1.82) is 0 Å². The van der Waals surface area contributed by atoms with Gasteiger partial charge in [-0.15, -0.1) is 11.3 Å². The number of amides is 2. The van der Waals surface area contributed by atoms with E-state index in [2.05, 4.69) is 20.4 Å². The van der Waals surface area contributed by atoms with Crippen LogP contribution in [0.4, 0.5) is 11.5 Å². The Labute approximate surface area is 240 Å². The summed E-state index contributed by atoms with van der Waals surface area (Å²) >= 11 is 1.51. The van der Waals surface area contributed by atoms with Crippen molar-refractivity contribution in [1.82, 2.24) is 19.7 Å². The maximum atomic E-state index is 13.4. The Hall–Kier alpha value is -4.83. The van der Waals surface area contributed by atoms with E-state index in [4.69, 9.17) is 0 Å². The first-order valence-electron chi connectivity index (χ1n) is 13.3. The molecule has 1 aliphatic heterocycles. The number of nitrogens with zero attached hydrogens (tertiary/aromatic N) is 4. The van der Waals surface area contributed by atoms with E-state index < -0.39 is 5.92 Å². The quantitative estimate of drug-likeness (QED) is 0.293. The number of hydrogen-bond acceptors (Lipinski definition) is 6. The van der Waals surface area contributed by atoms with Gasteiger partial charge in [-0.2, -0.15) is 9.78 Å². The lowest BCUT2D eigenvalue weighted by Crippen LogP contribution is -2.29. The molecule has 1 fully saturated rings. The Kier molecular flexibility index (Phi) is 7.07. The number of thiophene rings is 1. The van der Waals surface area contributed by atoms with E-state index in [1.165, 1.54) is 16.0 Å². The molecule has 1 aliphatic rings. The molecule has 0 saturated carbocycles. The molecule has 41 heavy (non-hydrogen) atoms. The summed E-state index contributed by atoms with van der Waals surface area (Å²) in [5.74, 6) is -0.382. The third kappa shape index (κ3) is 5.46. The number of benzene rings is 2. The average molecular weight is 565 g/mol.